The largest absolute Gasteiger partial charge is 0.373 e. The lowest BCUT2D eigenvalue weighted by molar-refractivity contribution is -0.121. The first kappa shape index (κ1) is 14.6. The summed E-state index contributed by atoms with van der Waals surface area (Å²) in [6, 6.07) is 6.11. The second kappa shape index (κ2) is 6.22. The summed E-state index contributed by atoms with van der Waals surface area (Å²) in [6.45, 7) is 5.53. The normalized spacial score (nSPS) is 16.2. The lowest BCUT2D eigenvalue weighted by Gasteiger charge is -2.13. The lowest BCUT2D eigenvalue weighted by atomic mass is 10.1. The van der Waals surface area contributed by atoms with E-state index in [9.17, 15) is 4.79 Å². The van der Waals surface area contributed by atoms with E-state index >= 15 is 0 Å². The number of nitrogens with zero attached hydrogens (tertiary/aromatic N) is 2. The van der Waals surface area contributed by atoms with Crippen molar-refractivity contribution in [2.24, 2.45) is 0 Å². The Kier molecular flexibility index (Phi) is 4.13. The maximum Gasteiger partial charge on any atom is 0.242 e. The smallest absolute Gasteiger partial charge is 0.242 e. The average molecular weight is 298 g/mol. The third kappa shape index (κ3) is 2.98. The van der Waals surface area contributed by atoms with Crippen molar-refractivity contribution in [2.45, 2.75) is 39.3 Å². The second-order valence-corrected chi connectivity index (χ2v) is 5.74. The summed E-state index contributed by atoms with van der Waals surface area (Å²) in [5, 5.41) is 6.31. The molecule has 1 aromatic heterocycles. The molecule has 1 aliphatic rings. The zero-order valence-corrected chi connectivity index (χ0v) is 13.1. The van der Waals surface area contributed by atoms with Crippen molar-refractivity contribution >= 4 is 11.6 Å². The van der Waals surface area contributed by atoms with Crippen LogP contribution in [0.15, 0.2) is 30.6 Å². The Bertz CT molecular complexity index is 677. The molecular weight excluding hydrogens is 276 g/mol. The summed E-state index contributed by atoms with van der Waals surface area (Å²) in [5.41, 5.74) is 3.53. The van der Waals surface area contributed by atoms with E-state index < -0.39 is 0 Å². The summed E-state index contributed by atoms with van der Waals surface area (Å²) >= 11 is 0. The predicted octanol–water partition coefficient (Wildman–Crippen LogP) is 1.91. The van der Waals surface area contributed by atoms with Gasteiger partial charge in [-0.2, -0.15) is 0 Å². The predicted molar refractivity (Wildman–Crippen MR) is 86.9 cm³/mol. The molecule has 0 fully saturated rings. The van der Waals surface area contributed by atoms with Gasteiger partial charge in [0.15, 0.2) is 0 Å². The second-order valence-electron chi connectivity index (χ2n) is 5.74. The number of nitrogens with one attached hydrogen (secondary N) is 2. The number of fused-ring (bicyclic) bond motifs is 1. The molecule has 0 aliphatic carbocycles. The van der Waals surface area contributed by atoms with Crippen LogP contribution in [0.1, 0.15) is 23.9 Å². The maximum absolute atomic E-state index is 12.3. The molecule has 0 radical (unpaired) electrons. The summed E-state index contributed by atoms with van der Waals surface area (Å²) < 4.78 is 2.08. The van der Waals surface area contributed by atoms with Gasteiger partial charge in [-0.25, -0.2) is 4.98 Å². The number of amides is 1. The number of rotatable bonds is 5. The fourth-order valence-electron chi connectivity index (χ4n) is 2.93. The molecule has 1 amide bonds. The number of carbonyl (C=O) groups is 1. The Labute approximate surface area is 130 Å². The Morgan fingerprint density at radius 2 is 2.36 bits per heavy atom. The summed E-state index contributed by atoms with van der Waals surface area (Å²) in [7, 11) is 0. The van der Waals surface area contributed by atoms with Gasteiger partial charge < -0.3 is 15.2 Å². The number of aryl methyl sites for hydroxylation is 2. The molecule has 2 aromatic rings. The summed E-state index contributed by atoms with van der Waals surface area (Å²) in [5.74, 6) is 1.11. The average Bonchev–Trinajstić information content (AvgIpc) is 3.12. The maximum atomic E-state index is 12.3. The van der Waals surface area contributed by atoms with Gasteiger partial charge in [0.1, 0.15) is 11.9 Å². The highest BCUT2D eigenvalue weighted by atomic mass is 16.2. The Hall–Kier alpha value is -2.30. The van der Waals surface area contributed by atoms with E-state index in [2.05, 4.69) is 52.2 Å². The molecule has 2 heterocycles. The number of benzene rings is 1. The zero-order chi connectivity index (χ0) is 15.5. The Morgan fingerprint density at radius 3 is 3.18 bits per heavy atom. The van der Waals surface area contributed by atoms with Crippen LogP contribution in [0.2, 0.25) is 0 Å². The number of hydrogen-bond acceptors (Lipinski definition) is 3. The van der Waals surface area contributed by atoms with Gasteiger partial charge in [-0.15, -0.1) is 0 Å². The third-order valence-corrected chi connectivity index (χ3v) is 4.10. The van der Waals surface area contributed by atoms with Gasteiger partial charge in [0.05, 0.1) is 0 Å². The summed E-state index contributed by atoms with van der Waals surface area (Å²) in [6.07, 6.45) is 5.42. The van der Waals surface area contributed by atoms with E-state index in [0.29, 0.717) is 6.54 Å². The van der Waals surface area contributed by atoms with Crippen molar-refractivity contribution in [3.63, 3.8) is 0 Å². The molecule has 0 saturated carbocycles. The minimum Gasteiger partial charge on any atom is -0.373 e. The SMILES string of the molecule is CCc1nccn1CCNC(=O)[C@H]1Cc2cc(C)ccc2N1. The molecule has 0 saturated heterocycles. The highest BCUT2D eigenvalue weighted by molar-refractivity contribution is 5.87. The molecule has 0 unspecified atom stereocenters. The van der Waals surface area contributed by atoms with Crippen LogP contribution < -0.4 is 10.6 Å². The third-order valence-electron chi connectivity index (χ3n) is 4.10. The van der Waals surface area contributed by atoms with Crippen LogP contribution in [0.4, 0.5) is 5.69 Å². The number of carbonyl (C=O) groups excluding carboxylic acids is 1. The van der Waals surface area contributed by atoms with Crippen molar-refractivity contribution in [1.82, 2.24) is 14.9 Å². The molecule has 116 valence electrons. The van der Waals surface area contributed by atoms with Crippen LogP contribution in [-0.2, 0) is 24.2 Å². The van der Waals surface area contributed by atoms with Crippen LogP contribution in [0.3, 0.4) is 0 Å². The Morgan fingerprint density at radius 1 is 1.50 bits per heavy atom. The molecule has 3 rings (SSSR count). The van der Waals surface area contributed by atoms with E-state index in [1.807, 2.05) is 6.20 Å². The van der Waals surface area contributed by atoms with Crippen molar-refractivity contribution in [3.05, 3.63) is 47.5 Å². The lowest BCUT2D eigenvalue weighted by Crippen LogP contribution is -2.39. The Balaban J connectivity index is 1.51. The highest BCUT2D eigenvalue weighted by Gasteiger charge is 2.26. The van der Waals surface area contributed by atoms with Crippen LogP contribution in [0.25, 0.3) is 0 Å². The highest BCUT2D eigenvalue weighted by Crippen LogP contribution is 2.26. The van der Waals surface area contributed by atoms with Gasteiger partial charge in [-0.3, -0.25) is 4.79 Å². The number of aromatic nitrogens is 2. The van der Waals surface area contributed by atoms with Crippen molar-refractivity contribution in [3.8, 4) is 0 Å². The van der Waals surface area contributed by atoms with Crippen molar-refractivity contribution in [2.75, 3.05) is 11.9 Å². The summed E-state index contributed by atoms with van der Waals surface area (Å²) in [4.78, 5) is 16.6. The van der Waals surface area contributed by atoms with E-state index in [-0.39, 0.29) is 11.9 Å². The van der Waals surface area contributed by atoms with Gasteiger partial charge in [0.25, 0.3) is 0 Å². The monoisotopic (exact) mass is 298 g/mol. The van der Waals surface area contributed by atoms with Gasteiger partial charge in [-0.05, 0) is 18.6 Å². The van der Waals surface area contributed by atoms with Crippen molar-refractivity contribution in [1.29, 1.82) is 0 Å². The van der Waals surface area contributed by atoms with Crippen LogP contribution in [0, 0.1) is 6.92 Å². The van der Waals surface area contributed by atoms with Gasteiger partial charge in [0, 0.05) is 44.0 Å². The van der Waals surface area contributed by atoms with E-state index in [0.717, 1.165) is 30.9 Å². The van der Waals surface area contributed by atoms with Crippen LogP contribution in [0.5, 0.6) is 0 Å². The number of anilines is 1. The minimum absolute atomic E-state index is 0.0621. The first-order valence-electron chi connectivity index (χ1n) is 7.81. The van der Waals surface area contributed by atoms with Crippen LogP contribution >= 0.6 is 0 Å². The molecule has 1 atom stereocenters. The first-order valence-corrected chi connectivity index (χ1v) is 7.81. The topological polar surface area (TPSA) is 59.0 Å². The fraction of sp³-hybridized carbons (Fsp3) is 0.412. The molecule has 0 spiro atoms. The fourth-order valence-corrected chi connectivity index (χ4v) is 2.93. The van der Waals surface area contributed by atoms with Gasteiger partial charge in [0.2, 0.25) is 5.91 Å². The molecular formula is C17H22N4O. The molecule has 1 aromatic carbocycles. The van der Waals surface area contributed by atoms with Gasteiger partial charge >= 0.3 is 0 Å². The molecule has 1 aliphatic heterocycles. The quantitative estimate of drug-likeness (QED) is 0.886. The van der Waals surface area contributed by atoms with E-state index in [1.54, 1.807) is 6.20 Å². The molecule has 22 heavy (non-hydrogen) atoms. The zero-order valence-electron chi connectivity index (χ0n) is 13.1. The van der Waals surface area contributed by atoms with Crippen LogP contribution in [-0.4, -0.2) is 28.0 Å². The number of imidazole rings is 1. The molecule has 5 heteroatoms. The standard InChI is InChI=1S/C17H22N4O/c1-3-16-18-6-8-21(16)9-7-19-17(22)15-11-13-10-12(2)4-5-14(13)20-15/h4-6,8,10,15,20H,3,7,9,11H2,1-2H3,(H,19,22)/t15-/m1/s1. The molecule has 0 bridgehead atoms. The van der Waals surface area contributed by atoms with E-state index in [1.165, 1.54) is 11.1 Å². The molecule has 2 N–H and O–H groups in total. The first-order chi connectivity index (χ1) is 10.7. The minimum atomic E-state index is -0.162. The van der Waals surface area contributed by atoms with Crippen molar-refractivity contribution < 1.29 is 4.79 Å². The molecule has 5 nitrogen and oxygen atoms in total. The number of hydrogen-bond donors (Lipinski definition) is 2. The van der Waals surface area contributed by atoms with E-state index in [4.69, 9.17) is 0 Å². The van der Waals surface area contributed by atoms with Gasteiger partial charge in [-0.1, -0.05) is 24.6 Å².